The first-order chi connectivity index (χ1) is 8.11. The third-order valence-electron chi connectivity index (χ3n) is 2.42. The van der Waals surface area contributed by atoms with E-state index in [0.29, 0.717) is 5.56 Å². The van der Waals surface area contributed by atoms with E-state index < -0.39 is 0 Å². The van der Waals surface area contributed by atoms with Crippen molar-refractivity contribution in [1.82, 2.24) is 4.98 Å². The molecule has 0 radical (unpaired) electrons. The maximum Gasteiger partial charge on any atom is 0.272 e. The molecule has 1 heterocycles. The van der Waals surface area contributed by atoms with Gasteiger partial charge in [0.2, 0.25) is 0 Å². The molecule has 0 bridgehead atoms. The highest BCUT2D eigenvalue weighted by molar-refractivity contribution is 7.14. The number of nitro groups is 1. The van der Waals surface area contributed by atoms with Crippen LogP contribution in [-0.2, 0) is 0 Å². The molecule has 0 unspecified atom stereocenters. The molecule has 1 aromatic heterocycles. The van der Waals surface area contributed by atoms with Crippen LogP contribution in [0.2, 0.25) is 0 Å². The molecule has 0 fully saturated rings. The predicted octanol–water partition coefficient (Wildman–Crippen LogP) is 3.07. The summed E-state index contributed by atoms with van der Waals surface area (Å²) in [4.78, 5) is 14.8. The van der Waals surface area contributed by atoms with E-state index in [-0.39, 0.29) is 10.6 Å². The molecule has 0 aliphatic carbocycles. The zero-order valence-corrected chi connectivity index (χ0v) is 10.2. The van der Waals surface area contributed by atoms with Crippen molar-refractivity contribution >= 4 is 22.2 Å². The molecule has 1 N–H and O–H groups in total. The summed E-state index contributed by atoms with van der Waals surface area (Å²) < 4.78 is 0. The van der Waals surface area contributed by atoms with E-state index in [1.807, 2.05) is 11.4 Å². The first-order valence-electron chi connectivity index (χ1n) is 5.00. The molecule has 0 saturated heterocycles. The summed E-state index contributed by atoms with van der Waals surface area (Å²) >= 11 is 1.47. The summed E-state index contributed by atoms with van der Waals surface area (Å²) in [6.45, 7) is 1.72. The second kappa shape index (κ2) is 4.50. The average molecular weight is 249 g/mol. The highest BCUT2D eigenvalue weighted by atomic mass is 32.1. The van der Waals surface area contributed by atoms with Gasteiger partial charge in [0, 0.05) is 29.6 Å². The number of aromatic nitrogens is 1. The molecule has 5 nitrogen and oxygen atoms in total. The van der Waals surface area contributed by atoms with Gasteiger partial charge in [-0.2, -0.15) is 0 Å². The number of thiazole rings is 1. The fourth-order valence-electron chi connectivity index (χ4n) is 1.49. The lowest BCUT2D eigenvalue weighted by molar-refractivity contribution is -0.385. The van der Waals surface area contributed by atoms with E-state index in [4.69, 9.17) is 0 Å². The molecular weight excluding hydrogens is 238 g/mol. The lowest BCUT2D eigenvalue weighted by Gasteiger charge is -2.00. The Labute approximate surface area is 102 Å². The summed E-state index contributed by atoms with van der Waals surface area (Å²) in [6, 6.07) is 5.15. The molecule has 0 aliphatic rings. The van der Waals surface area contributed by atoms with Gasteiger partial charge >= 0.3 is 0 Å². The largest absolute Gasteiger partial charge is 0.365 e. The zero-order chi connectivity index (χ0) is 12.4. The Morgan fingerprint density at radius 2 is 2.24 bits per heavy atom. The monoisotopic (exact) mass is 249 g/mol. The maximum absolute atomic E-state index is 10.8. The molecule has 0 aliphatic heterocycles. The van der Waals surface area contributed by atoms with Gasteiger partial charge in [0.15, 0.2) is 5.13 Å². The van der Waals surface area contributed by atoms with Crippen molar-refractivity contribution in [3.05, 3.63) is 39.3 Å². The number of aryl methyl sites for hydroxylation is 1. The van der Waals surface area contributed by atoms with Crippen LogP contribution in [-0.4, -0.2) is 17.0 Å². The van der Waals surface area contributed by atoms with Crippen LogP contribution in [0.1, 0.15) is 5.56 Å². The molecule has 1 aromatic carbocycles. The summed E-state index contributed by atoms with van der Waals surface area (Å²) in [5.41, 5.74) is 2.30. The number of anilines is 1. The summed E-state index contributed by atoms with van der Waals surface area (Å²) in [7, 11) is 1.79. The SMILES string of the molecule is CNc1nc(-c2ccc(C)c([N+](=O)[O-])c2)cs1. The number of nitrogens with zero attached hydrogens (tertiary/aromatic N) is 2. The van der Waals surface area contributed by atoms with Crippen molar-refractivity contribution in [2.75, 3.05) is 12.4 Å². The van der Waals surface area contributed by atoms with E-state index >= 15 is 0 Å². The Balaban J connectivity index is 2.46. The topological polar surface area (TPSA) is 68.1 Å². The van der Waals surface area contributed by atoms with E-state index in [2.05, 4.69) is 10.3 Å². The lowest BCUT2D eigenvalue weighted by atomic mass is 10.1. The van der Waals surface area contributed by atoms with Crippen molar-refractivity contribution in [3.63, 3.8) is 0 Å². The minimum atomic E-state index is -0.371. The molecule has 2 aromatic rings. The average Bonchev–Trinajstić information content (AvgIpc) is 2.78. The highest BCUT2D eigenvalue weighted by Crippen LogP contribution is 2.29. The molecule has 0 atom stereocenters. The normalized spacial score (nSPS) is 10.2. The van der Waals surface area contributed by atoms with Gasteiger partial charge in [-0.3, -0.25) is 10.1 Å². The number of nitro benzene ring substituents is 1. The standard InChI is InChI=1S/C11H11N3O2S/c1-7-3-4-8(5-10(7)14(15)16)9-6-17-11(12-2)13-9/h3-6H,1-2H3,(H,12,13). The predicted molar refractivity (Wildman–Crippen MR) is 68.5 cm³/mol. The number of hydrogen-bond acceptors (Lipinski definition) is 5. The molecule has 2 rings (SSSR count). The van der Waals surface area contributed by atoms with Gasteiger partial charge in [0.1, 0.15) is 0 Å². The minimum absolute atomic E-state index is 0.126. The van der Waals surface area contributed by atoms with E-state index in [0.717, 1.165) is 16.4 Å². The van der Waals surface area contributed by atoms with Gasteiger partial charge in [-0.05, 0) is 6.92 Å². The Hall–Kier alpha value is -1.95. The van der Waals surface area contributed by atoms with Crippen molar-refractivity contribution < 1.29 is 4.92 Å². The number of rotatable bonds is 3. The molecule has 88 valence electrons. The third-order valence-corrected chi connectivity index (χ3v) is 3.28. The molecule has 0 spiro atoms. The molecule has 0 amide bonds. The van der Waals surface area contributed by atoms with Gasteiger partial charge in [0.25, 0.3) is 5.69 Å². The van der Waals surface area contributed by atoms with E-state index in [1.54, 1.807) is 26.1 Å². The van der Waals surface area contributed by atoms with E-state index in [9.17, 15) is 10.1 Å². The fraction of sp³-hybridized carbons (Fsp3) is 0.182. The summed E-state index contributed by atoms with van der Waals surface area (Å²) in [5.74, 6) is 0. The van der Waals surface area contributed by atoms with Gasteiger partial charge in [0.05, 0.1) is 10.6 Å². The molecular formula is C11H11N3O2S. The molecule has 0 saturated carbocycles. The second-order valence-corrected chi connectivity index (χ2v) is 4.40. The van der Waals surface area contributed by atoms with Crippen molar-refractivity contribution in [1.29, 1.82) is 0 Å². The van der Waals surface area contributed by atoms with Crippen LogP contribution in [0.15, 0.2) is 23.6 Å². The molecule has 17 heavy (non-hydrogen) atoms. The Morgan fingerprint density at radius 3 is 2.82 bits per heavy atom. The van der Waals surface area contributed by atoms with Crippen molar-refractivity contribution in [2.45, 2.75) is 6.92 Å². The van der Waals surface area contributed by atoms with Gasteiger partial charge in [-0.15, -0.1) is 11.3 Å². The number of benzene rings is 1. The first-order valence-corrected chi connectivity index (χ1v) is 5.88. The van der Waals surface area contributed by atoms with Crippen molar-refractivity contribution in [3.8, 4) is 11.3 Å². The zero-order valence-electron chi connectivity index (χ0n) is 9.43. The Kier molecular flexibility index (Phi) is 3.06. The van der Waals surface area contributed by atoms with Crippen LogP contribution < -0.4 is 5.32 Å². The van der Waals surface area contributed by atoms with Crippen LogP contribution >= 0.6 is 11.3 Å². The Morgan fingerprint density at radius 1 is 1.47 bits per heavy atom. The fourth-order valence-corrected chi connectivity index (χ4v) is 2.17. The summed E-state index contributed by atoms with van der Waals surface area (Å²) in [6.07, 6.45) is 0. The Bertz CT molecular complexity index is 566. The van der Waals surface area contributed by atoms with Gasteiger partial charge in [-0.1, -0.05) is 12.1 Å². The maximum atomic E-state index is 10.8. The van der Waals surface area contributed by atoms with Crippen LogP contribution in [0.3, 0.4) is 0 Å². The van der Waals surface area contributed by atoms with Crippen LogP contribution in [0, 0.1) is 17.0 Å². The van der Waals surface area contributed by atoms with Crippen LogP contribution in [0.25, 0.3) is 11.3 Å². The number of hydrogen-bond donors (Lipinski definition) is 1. The smallest absolute Gasteiger partial charge is 0.272 e. The highest BCUT2D eigenvalue weighted by Gasteiger charge is 2.13. The van der Waals surface area contributed by atoms with E-state index in [1.165, 1.54) is 11.3 Å². The molecule has 6 heteroatoms. The first kappa shape index (κ1) is 11.5. The van der Waals surface area contributed by atoms with Crippen LogP contribution in [0.4, 0.5) is 10.8 Å². The quantitative estimate of drug-likeness (QED) is 0.670. The lowest BCUT2D eigenvalue weighted by Crippen LogP contribution is -1.92. The summed E-state index contributed by atoms with van der Waals surface area (Å²) in [5, 5.41) is 16.5. The number of nitrogens with one attached hydrogen (secondary N) is 1. The minimum Gasteiger partial charge on any atom is -0.365 e. The van der Waals surface area contributed by atoms with Crippen molar-refractivity contribution in [2.24, 2.45) is 0 Å². The van der Waals surface area contributed by atoms with Gasteiger partial charge in [-0.25, -0.2) is 4.98 Å². The van der Waals surface area contributed by atoms with Gasteiger partial charge < -0.3 is 5.32 Å². The van der Waals surface area contributed by atoms with Crippen LogP contribution in [0.5, 0.6) is 0 Å². The second-order valence-electron chi connectivity index (χ2n) is 3.55. The third kappa shape index (κ3) is 2.26.